The van der Waals surface area contributed by atoms with Gasteiger partial charge in [0.25, 0.3) is 5.91 Å². The Kier molecular flexibility index (Phi) is 4.42. The van der Waals surface area contributed by atoms with Crippen molar-refractivity contribution in [2.75, 3.05) is 20.1 Å². The zero-order valence-corrected chi connectivity index (χ0v) is 11.9. The van der Waals surface area contributed by atoms with Gasteiger partial charge in [0, 0.05) is 19.1 Å². The van der Waals surface area contributed by atoms with Gasteiger partial charge in [0.2, 0.25) is 0 Å². The Hall–Kier alpha value is -1.13. The zero-order valence-electron chi connectivity index (χ0n) is 11.2. The van der Waals surface area contributed by atoms with Crippen molar-refractivity contribution in [1.29, 1.82) is 0 Å². The fourth-order valence-electron chi connectivity index (χ4n) is 2.38. The van der Waals surface area contributed by atoms with E-state index in [-0.39, 0.29) is 11.5 Å². The molecule has 1 N–H and O–H groups in total. The summed E-state index contributed by atoms with van der Waals surface area (Å²) in [5.74, 6) is -0.584. The first-order valence-corrected chi connectivity index (χ1v) is 6.83. The summed E-state index contributed by atoms with van der Waals surface area (Å²) in [4.78, 5) is 14.1. The van der Waals surface area contributed by atoms with Gasteiger partial charge >= 0.3 is 0 Å². The van der Waals surface area contributed by atoms with E-state index in [1.165, 1.54) is 12.1 Å². The summed E-state index contributed by atoms with van der Waals surface area (Å²) in [5.41, 5.74) is 0.704. The number of nitrogens with one attached hydrogen (secondary N) is 1. The maximum absolute atomic E-state index is 13.6. The van der Waals surface area contributed by atoms with Gasteiger partial charge in [-0.1, -0.05) is 11.6 Å². The molecule has 1 heterocycles. The van der Waals surface area contributed by atoms with Crippen molar-refractivity contribution in [2.24, 2.45) is 0 Å². The predicted molar refractivity (Wildman–Crippen MR) is 74.1 cm³/mol. The van der Waals surface area contributed by atoms with Crippen LogP contribution in [0.3, 0.4) is 0 Å². The Morgan fingerprint density at radius 2 is 2.26 bits per heavy atom. The largest absolute Gasteiger partial charge is 0.337 e. The van der Waals surface area contributed by atoms with Crippen LogP contribution in [0.1, 0.15) is 28.8 Å². The van der Waals surface area contributed by atoms with Crippen molar-refractivity contribution >= 4 is 17.5 Å². The van der Waals surface area contributed by atoms with Crippen LogP contribution in [0.25, 0.3) is 0 Å². The number of amides is 1. The molecule has 1 aliphatic rings. The third kappa shape index (κ3) is 3.07. The lowest BCUT2D eigenvalue weighted by Gasteiger charge is -2.32. The molecule has 0 aliphatic carbocycles. The molecule has 3 nitrogen and oxygen atoms in total. The Morgan fingerprint density at radius 3 is 2.95 bits per heavy atom. The highest BCUT2D eigenvalue weighted by Crippen LogP contribution is 2.23. The number of carbonyl (C=O) groups excluding carboxylic acids is 1. The molecule has 1 aromatic carbocycles. The number of hydrogen-bond acceptors (Lipinski definition) is 2. The maximum atomic E-state index is 13.6. The molecule has 1 aliphatic heterocycles. The van der Waals surface area contributed by atoms with Crippen molar-refractivity contribution in [3.8, 4) is 0 Å². The van der Waals surface area contributed by atoms with E-state index < -0.39 is 5.82 Å². The first-order valence-electron chi connectivity index (χ1n) is 6.45. The van der Waals surface area contributed by atoms with Crippen molar-refractivity contribution in [1.82, 2.24) is 10.2 Å². The van der Waals surface area contributed by atoms with E-state index in [1.807, 2.05) is 7.05 Å². The van der Waals surface area contributed by atoms with Crippen molar-refractivity contribution in [2.45, 2.75) is 25.8 Å². The smallest absolute Gasteiger partial charge is 0.255 e. The number of piperidine rings is 1. The predicted octanol–water partition coefficient (Wildman–Crippen LogP) is 2.61. The molecule has 2 rings (SSSR count). The second-order valence-corrected chi connectivity index (χ2v) is 5.37. The number of nitrogens with zero attached hydrogens (tertiary/aromatic N) is 1. The molecule has 1 atom stereocenters. The van der Waals surface area contributed by atoms with Crippen LogP contribution >= 0.6 is 11.6 Å². The number of rotatable bonds is 2. The number of benzene rings is 1. The molecule has 1 aromatic rings. The van der Waals surface area contributed by atoms with Crippen LogP contribution in [0, 0.1) is 12.7 Å². The summed E-state index contributed by atoms with van der Waals surface area (Å²) in [6.07, 6.45) is 2.00. The number of likely N-dealkylation sites (N-methyl/N-ethyl adjacent to an activating group) is 1. The lowest BCUT2D eigenvalue weighted by molar-refractivity contribution is 0.0698. The van der Waals surface area contributed by atoms with Gasteiger partial charge in [-0.15, -0.1) is 0 Å². The fraction of sp³-hybridized carbons (Fsp3) is 0.500. The number of carbonyl (C=O) groups is 1. The average Bonchev–Trinajstić information content (AvgIpc) is 2.42. The molecular formula is C14H18ClFN2O. The van der Waals surface area contributed by atoms with Crippen LogP contribution in [0.4, 0.5) is 4.39 Å². The monoisotopic (exact) mass is 284 g/mol. The summed E-state index contributed by atoms with van der Waals surface area (Å²) in [6.45, 7) is 2.97. The number of likely N-dealkylation sites (tertiary alicyclic amines) is 1. The highest BCUT2D eigenvalue weighted by Gasteiger charge is 2.25. The SMILES string of the molecule is CNC1CCCN(C(=O)c2cc(F)c(C)cc2Cl)C1. The summed E-state index contributed by atoms with van der Waals surface area (Å²) in [6, 6.07) is 3.04. The first-order chi connectivity index (χ1) is 9.02. The minimum Gasteiger partial charge on any atom is -0.337 e. The number of aryl methyl sites for hydroxylation is 1. The van der Waals surface area contributed by atoms with Crippen molar-refractivity contribution in [3.63, 3.8) is 0 Å². The number of hydrogen-bond donors (Lipinski definition) is 1. The Balaban J connectivity index is 2.22. The molecule has 1 unspecified atom stereocenters. The summed E-state index contributed by atoms with van der Waals surface area (Å²) in [7, 11) is 1.89. The van der Waals surface area contributed by atoms with E-state index in [4.69, 9.17) is 11.6 Å². The molecule has 0 bridgehead atoms. The van der Waals surface area contributed by atoms with Crippen molar-refractivity contribution < 1.29 is 9.18 Å². The van der Waals surface area contributed by atoms with Crippen LogP contribution in [0.5, 0.6) is 0 Å². The van der Waals surface area contributed by atoms with Gasteiger partial charge in [0.15, 0.2) is 0 Å². The fourth-order valence-corrected chi connectivity index (χ4v) is 2.68. The standard InChI is InChI=1S/C14H18ClFN2O/c1-9-6-12(15)11(7-13(9)16)14(19)18-5-3-4-10(8-18)17-2/h6-7,10,17H,3-5,8H2,1-2H3. The van der Waals surface area contributed by atoms with E-state index >= 15 is 0 Å². The lowest BCUT2D eigenvalue weighted by Crippen LogP contribution is -2.47. The molecule has 0 aromatic heterocycles. The van der Waals surface area contributed by atoms with E-state index in [0.717, 1.165) is 12.8 Å². The van der Waals surface area contributed by atoms with Crippen LogP contribution in [-0.2, 0) is 0 Å². The summed E-state index contributed by atoms with van der Waals surface area (Å²) >= 11 is 6.06. The van der Waals surface area contributed by atoms with Crippen LogP contribution in [0.2, 0.25) is 5.02 Å². The lowest BCUT2D eigenvalue weighted by atomic mass is 10.0. The van der Waals surface area contributed by atoms with Gasteiger partial charge in [0.1, 0.15) is 5.82 Å². The summed E-state index contributed by atoms with van der Waals surface area (Å²) in [5, 5.41) is 3.49. The molecule has 0 radical (unpaired) electrons. The van der Waals surface area contributed by atoms with Gasteiger partial charge in [-0.2, -0.15) is 0 Å². The topological polar surface area (TPSA) is 32.3 Å². The minimum absolute atomic E-state index is 0.191. The second kappa shape index (κ2) is 5.88. The normalized spacial score (nSPS) is 19.6. The third-order valence-electron chi connectivity index (χ3n) is 3.60. The number of halogens is 2. The Labute approximate surface area is 117 Å². The molecule has 104 valence electrons. The molecule has 1 saturated heterocycles. The highest BCUT2D eigenvalue weighted by atomic mass is 35.5. The van der Waals surface area contributed by atoms with E-state index in [2.05, 4.69) is 5.32 Å². The highest BCUT2D eigenvalue weighted by molar-refractivity contribution is 6.33. The van der Waals surface area contributed by atoms with E-state index in [1.54, 1.807) is 11.8 Å². The van der Waals surface area contributed by atoms with Crippen LogP contribution in [-0.4, -0.2) is 37.0 Å². The van der Waals surface area contributed by atoms with Crippen LogP contribution in [0.15, 0.2) is 12.1 Å². The average molecular weight is 285 g/mol. The van der Waals surface area contributed by atoms with Gasteiger partial charge in [-0.3, -0.25) is 4.79 Å². The molecule has 1 fully saturated rings. The third-order valence-corrected chi connectivity index (χ3v) is 3.91. The molecule has 0 saturated carbocycles. The van der Waals surface area contributed by atoms with Gasteiger partial charge in [-0.05, 0) is 44.5 Å². The van der Waals surface area contributed by atoms with Gasteiger partial charge in [-0.25, -0.2) is 4.39 Å². The maximum Gasteiger partial charge on any atom is 0.255 e. The Bertz CT molecular complexity index is 493. The van der Waals surface area contributed by atoms with Crippen molar-refractivity contribution in [3.05, 3.63) is 34.1 Å². The van der Waals surface area contributed by atoms with Gasteiger partial charge in [0.05, 0.1) is 10.6 Å². The first kappa shape index (κ1) is 14.3. The summed E-state index contributed by atoms with van der Waals surface area (Å²) < 4.78 is 13.6. The molecular weight excluding hydrogens is 267 g/mol. The zero-order chi connectivity index (χ0) is 14.0. The molecule has 1 amide bonds. The van der Waals surface area contributed by atoms with E-state index in [9.17, 15) is 9.18 Å². The second-order valence-electron chi connectivity index (χ2n) is 4.96. The quantitative estimate of drug-likeness (QED) is 0.905. The Morgan fingerprint density at radius 1 is 1.53 bits per heavy atom. The molecule has 19 heavy (non-hydrogen) atoms. The van der Waals surface area contributed by atoms with E-state index in [0.29, 0.717) is 29.7 Å². The molecule has 0 spiro atoms. The van der Waals surface area contributed by atoms with Crippen LogP contribution < -0.4 is 5.32 Å². The molecule has 5 heteroatoms. The minimum atomic E-state index is -0.394. The van der Waals surface area contributed by atoms with Gasteiger partial charge < -0.3 is 10.2 Å².